The summed E-state index contributed by atoms with van der Waals surface area (Å²) in [5, 5.41) is 18.4. The molecule has 0 aliphatic carbocycles. The summed E-state index contributed by atoms with van der Waals surface area (Å²) in [4.78, 5) is 11.0. The molecule has 0 aliphatic rings. The lowest BCUT2D eigenvalue weighted by Gasteiger charge is -2.14. The van der Waals surface area contributed by atoms with Gasteiger partial charge in [0.05, 0.1) is 0 Å². The summed E-state index contributed by atoms with van der Waals surface area (Å²) < 4.78 is 0. The largest absolute Gasteiger partial charge is 0.508 e. The zero-order valence-corrected chi connectivity index (χ0v) is 7.82. The minimum Gasteiger partial charge on any atom is -0.508 e. The van der Waals surface area contributed by atoms with E-state index in [0.29, 0.717) is 5.56 Å². The fourth-order valence-corrected chi connectivity index (χ4v) is 1.12. The Morgan fingerprint density at radius 2 is 1.93 bits per heavy atom. The van der Waals surface area contributed by atoms with Gasteiger partial charge in [0.15, 0.2) is 5.96 Å². The third-order valence-electron chi connectivity index (χ3n) is 1.79. The molecule has 6 N–H and O–H groups in total. The van der Waals surface area contributed by atoms with Gasteiger partial charge in [-0.2, -0.15) is 0 Å². The monoisotopic (exact) mass is 207 g/mol. The first-order chi connectivity index (χ1) is 7.00. The number of carbonyl (C=O) groups is 1. The molecule has 1 unspecified atom stereocenters. The molecule has 6 heteroatoms. The number of guanidine groups is 1. The maximum Gasteiger partial charge on any atom is 0.265 e. The summed E-state index contributed by atoms with van der Waals surface area (Å²) in [7, 11) is 0. The van der Waals surface area contributed by atoms with Gasteiger partial charge in [-0.3, -0.25) is 15.9 Å². The number of phenolic OH excluding ortho intramolecular Hbond substituents is 1. The molecule has 0 saturated heterocycles. The number of rotatable bonds is 3. The smallest absolute Gasteiger partial charge is 0.265 e. The molecule has 79 valence electrons. The van der Waals surface area contributed by atoms with Crippen LogP contribution in [0.4, 0.5) is 0 Å². The average molecular weight is 207 g/mol. The van der Waals surface area contributed by atoms with Crippen molar-refractivity contribution in [3.63, 3.8) is 0 Å². The Balaban J connectivity index is 2.94. The van der Waals surface area contributed by atoms with Gasteiger partial charge in [0.1, 0.15) is 11.8 Å². The van der Waals surface area contributed by atoms with Crippen LogP contribution in [0.25, 0.3) is 0 Å². The van der Waals surface area contributed by atoms with E-state index >= 15 is 0 Å². The third-order valence-corrected chi connectivity index (χ3v) is 1.79. The molecule has 1 aromatic carbocycles. The Morgan fingerprint density at radius 3 is 2.33 bits per heavy atom. The molecule has 0 aliphatic heterocycles. The molecule has 1 radical (unpaired) electrons. The Bertz CT molecular complexity index is 374. The highest BCUT2D eigenvalue weighted by atomic mass is 16.3. The van der Waals surface area contributed by atoms with E-state index in [9.17, 15) is 4.79 Å². The predicted octanol–water partition coefficient (Wildman–Crippen LogP) is -0.274. The number of nitrogens with two attached hydrogens (primary N) is 1. The van der Waals surface area contributed by atoms with Crippen molar-refractivity contribution >= 4 is 11.9 Å². The highest BCUT2D eigenvalue weighted by molar-refractivity contribution is 5.86. The molecule has 0 bridgehead atoms. The average Bonchev–Trinajstić information content (AvgIpc) is 2.15. The van der Waals surface area contributed by atoms with Gasteiger partial charge >= 0.3 is 0 Å². The number of hydrogen-bond donors (Lipinski definition) is 4. The maximum atomic E-state index is 11.0. The van der Waals surface area contributed by atoms with Crippen LogP contribution >= 0.6 is 0 Å². The minimum atomic E-state index is -0.969. The molecule has 0 spiro atoms. The Kier molecular flexibility index (Phi) is 3.12. The van der Waals surface area contributed by atoms with Crippen molar-refractivity contribution in [2.45, 2.75) is 6.04 Å². The first kappa shape index (κ1) is 10.8. The van der Waals surface area contributed by atoms with E-state index < -0.39 is 11.9 Å². The molecule has 0 heterocycles. The number of amides is 1. The predicted molar refractivity (Wildman–Crippen MR) is 54.0 cm³/mol. The lowest BCUT2D eigenvalue weighted by atomic mass is 10.1. The summed E-state index contributed by atoms with van der Waals surface area (Å²) in [6.07, 6.45) is 0. The lowest BCUT2D eigenvalue weighted by Crippen LogP contribution is -2.38. The van der Waals surface area contributed by atoms with Crippen LogP contribution in [0.15, 0.2) is 24.3 Å². The number of carbonyl (C=O) groups excluding carboxylic acids is 1. The summed E-state index contributed by atoms with van der Waals surface area (Å²) in [6.45, 7) is 0. The molecule has 0 fully saturated rings. The lowest BCUT2D eigenvalue weighted by molar-refractivity contribution is -0.120. The number of aromatic hydroxyl groups is 1. The fourth-order valence-electron chi connectivity index (χ4n) is 1.12. The second-order valence-corrected chi connectivity index (χ2v) is 2.95. The topological polar surface area (TPSA) is 123 Å². The van der Waals surface area contributed by atoms with Crippen LogP contribution in [0.2, 0.25) is 0 Å². The van der Waals surface area contributed by atoms with Gasteiger partial charge in [0.25, 0.3) is 5.91 Å². The van der Waals surface area contributed by atoms with Crippen molar-refractivity contribution in [1.82, 2.24) is 11.1 Å². The van der Waals surface area contributed by atoms with E-state index in [1.165, 1.54) is 24.3 Å². The highest BCUT2D eigenvalue weighted by Gasteiger charge is 2.18. The molecule has 0 aromatic heterocycles. The quantitative estimate of drug-likeness (QED) is 0.402. The molecule has 6 nitrogen and oxygen atoms in total. The van der Waals surface area contributed by atoms with Gasteiger partial charge in [0, 0.05) is 0 Å². The zero-order chi connectivity index (χ0) is 11.4. The van der Waals surface area contributed by atoms with Crippen molar-refractivity contribution in [2.24, 2.45) is 5.73 Å². The summed E-state index contributed by atoms with van der Waals surface area (Å²) >= 11 is 0. The van der Waals surface area contributed by atoms with Gasteiger partial charge in [-0.25, -0.2) is 0 Å². The fraction of sp³-hybridized carbons (Fsp3) is 0.111. The van der Waals surface area contributed by atoms with Crippen LogP contribution in [-0.4, -0.2) is 17.0 Å². The highest BCUT2D eigenvalue weighted by Crippen LogP contribution is 2.16. The second-order valence-electron chi connectivity index (χ2n) is 2.95. The van der Waals surface area contributed by atoms with Crippen LogP contribution in [0.1, 0.15) is 11.6 Å². The number of benzene rings is 1. The minimum absolute atomic E-state index is 0.0674. The summed E-state index contributed by atoms with van der Waals surface area (Å²) in [6, 6.07) is 4.80. The van der Waals surface area contributed by atoms with Crippen LogP contribution in [0.3, 0.4) is 0 Å². The summed E-state index contributed by atoms with van der Waals surface area (Å²) in [5.41, 5.74) is 12.6. The van der Waals surface area contributed by atoms with Crippen LogP contribution in [-0.2, 0) is 4.79 Å². The molecular weight excluding hydrogens is 196 g/mol. The first-order valence-electron chi connectivity index (χ1n) is 4.15. The Hall–Kier alpha value is -2.24. The molecular formula is C9H11N4O2. The van der Waals surface area contributed by atoms with Gasteiger partial charge in [-0.15, -0.1) is 0 Å². The van der Waals surface area contributed by atoms with Crippen molar-refractivity contribution in [3.8, 4) is 5.75 Å². The van der Waals surface area contributed by atoms with E-state index in [-0.39, 0.29) is 11.7 Å². The van der Waals surface area contributed by atoms with Crippen LogP contribution in [0, 0.1) is 5.41 Å². The Morgan fingerprint density at radius 1 is 1.40 bits per heavy atom. The standard InChI is InChI=1S/C9H11N4O2/c10-8(15)7(13-9(11)12)5-1-3-6(14)4-2-5/h1-4,7,10,14H,(H4,11,12,13). The van der Waals surface area contributed by atoms with Gasteiger partial charge in [0.2, 0.25) is 0 Å². The van der Waals surface area contributed by atoms with Gasteiger partial charge in [-0.05, 0) is 17.7 Å². The molecule has 1 aromatic rings. The van der Waals surface area contributed by atoms with Crippen molar-refractivity contribution in [1.29, 1.82) is 5.41 Å². The molecule has 15 heavy (non-hydrogen) atoms. The third kappa shape index (κ3) is 2.87. The Labute approximate surface area is 86.4 Å². The van der Waals surface area contributed by atoms with E-state index in [1.54, 1.807) is 0 Å². The van der Waals surface area contributed by atoms with E-state index in [0.717, 1.165) is 0 Å². The van der Waals surface area contributed by atoms with E-state index in [2.05, 4.69) is 5.32 Å². The molecule has 1 amide bonds. The maximum absolute atomic E-state index is 11.0. The zero-order valence-electron chi connectivity index (χ0n) is 7.82. The normalized spacial score (nSPS) is 11.7. The van der Waals surface area contributed by atoms with Gasteiger partial charge < -0.3 is 16.2 Å². The molecule has 0 saturated carbocycles. The number of hydrogen-bond acceptors (Lipinski definition) is 3. The van der Waals surface area contributed by atoms with Crippen molar-refractivity contribution < 1.29 is 9.90 Å². The molecule has 1 atom stereocenters. The number of phenols is 1. The SMILES string of the molecule is [NH]C(=O)C(NC(=N)N)c1ccc(O)cc1. The summed E-state index contributed by atoms with van der Waals surface area (Å²) in [5.74, 6) is -1.21. The second kappa shape index (κ2) is 4.32. The van der Waals surface area contributed by atoms with Crippen molar-refractivity contribution in [2.75, 3.05) is 0 Å². The first-order valence-corrected chi connectivity index (χ1v) is 4.15. The van der Waals surface area contributed by atoms with Gasteiger partial charge in [-0.1, -0.05) is 12.1 Å². The van der Waals surface area contributed by atoms with E-state index in [1.807, 2.05) is 0 Å². The van der Waals surface area contributed by atoms with Crippen molar-refractivity contribution in [3.05, 3.63) is 29.8 Å². The van der Waals surface area contributed by atoms with E-state index in [4.69, 9.17) is 22.0 Å². The van der Waals surface area contributed by atoms with Crippen LogP contribution in [0.5, 0.6) is 5.75 Å². The molecule has 1 rings (SSSR count). The number of nitrogens with one attached hydrogen (secondary N) is 3. The van der Waals surface area contributed by atoms with Crippen LogP contribution < -0.4 is 16.8 Å².